The average molecular weight is 367 g/mol. The number of hydrogen-bond donors (Lipinski definition) is 0. The largest absolute Gasteiger partial charge is 0.489 e. The predicted molar refractivity (Wildman–Crippen MR) is 93.9 cm³/mol. The summed E-state index contributed by atoms with van der Waals surface area (Å²) in [5.74, 6) is 0.965. The number of hydrogen-bond acceptors (Lipinski definition) is 4. The monoisotopic (exact) mass is 366 g/mol. The van der Waals surface area contributed by atoms with Crippen molar-refractivity contribution in [1.82, 2.24) is 0 Å². The Hall–Kier alpha value is -1.75. The van der Waals surface area contributed by atoms with Gasteiger partial charge in [-0.05, 0) is 30.3 Å². The molecule has 0 bridgehead atoms. The molecule has 0 amide bonds. The highest BCUT2D eigenvalue weighted by molar-refractivity contribution is 7.17. The van der Waals surface area contributed by atoms with E-state index in [-0.39, 0.29) is 5.97 Å². The number of carbonyl (C=O) groups excluding carboxylic acids is 1. The summed E-state index contributed by atoms with van der Waals surface area (Å²) < 4.78 is 11.9. The molecule has 0 aliphatic heterocycles. The Morgan fingerprint density at radius 1 is 1.17 bits per heavy atom. The van der Waals surface area contributed by atoms with Crippen LogP contribution in [0.5, 0.6) is 11.5 Å². The summed E-state index contributed by atoms with van der Waals surface area (Å²) in [7, 11) is 0. The van der Waals surface area contributed by atoms with E-state index < -0.39 is 0 Å². The quantitative estimate of drug-likeness (QED) is 0.554. The van der Waals surface area contributed by atoms with Crippen molar-refractivity contribution in [2.75, 3.05) is 0 Å². The van der Waals surface area contributed by atoms with Crippen LogP contribution in [0.3, 0.4) is 0 Å². The molecule has 0 saturated carbocycles. The van der Waals surface area contributed by atoms with E-state index in [1.165, 1.54) is 18.3 Å². The molecule has 0 aliphatic carbocycles. The summed E-state index contributed by atoms with van der Waals surface area (Å²) in [5, 5.41) is 3.87. The molecule has 0 N–H and O–H groups in total. The zero-order chi connectivity index (χ0) is 16.4. The maximum absolute atomic E-state index is 11.1. The van der Waals surface area contributed by atoms with Crippen LogP contribution in [0.1, 0.15) is 12.5 Å². The summed E-state index contributed by atoms with van der Waals surface area (Å²) in [6.45, 7) is 1.74. The standard InChI is InChI=1S/C17H12Cl2O3S/c1-10(20)22-16-9-23-17-7-13(4-5-14(16)17)21-8-11-2-3-12(18)6-15(11)19/h2-7,9H,8H2,1H3. The van der Waals surface area contributed by atoms with Gasteiger partial charge in [-0.1, -0.05) is 29.3 Å². The fourth-order valence-corrected chi connectivity index (χ4v) is 3.46. The number of esters is 1. The first kappa shape index (κ1) is 16.1. The van der Waals surface area contributed by atoms with Crippen molar-refractivity contribution in [3.05, 3.63) is 57.4 Å². The Labute approximate surface area is 147 Å². The highest BCUT2D eigenvalue weighted by atomic mass is 35.5. The SMILES string of the molecule is CC(=O)Oc1csc2cc(OCc3ccc(Cl)cc3Cl)ccc12. The molecule has 118 valence electrons. The lowest BCUT2D eigenvalue weighted by Crippen LogP contribution is -2.00. The molecule has 1 aromatic heterocycles. The van der Waals surface area contributed by atoms with E-state index in [1.807, 2.05) is 29.6 Å². The second kappa shape index (κ2) is 6.79. The predicted octanol–water partition coefficient (Wildman–Crippen LogP) is 5.71. The molecular weight excluding hydrogens is 355 g/mol. The molecule has 23 heavy (non-hydrogen) atoms. The van der Waals surface area contributed by atoms with E-state index in [0.717, 1.165) is 21.4 Å². The van der Waals surface area contributed by atoms with Crippen molar-refractivity contribution < 1.29 is 14.3 Å². The Bertz CT molecular complexity index is 873. The van der Waals surface area contributed by atoms with E-state index in [4.69, 9.17) is 32.7 Å². The van der Waals surface area contributed by atoms with Crippen molar-refractivity contribution in [3.63, 3.8) is 0 Å². The molecule has 0 aliphatic rings. The Morgan fingerprint density at radius 3 is 2.74 bits per heavy atom. The van der Waals surface area contributed by atoms with Crippen LogP contribution in [0.2, 0.25) is 10.0 Å². The van der Waals surface area contributed by atoms with E-state index in [0.29, 0.717) is 22.4 Å². The average Bonchev–Trinajstić information content (AvgIpc) is 2.88. The second-order valence-electron chi connectivity index (χ2n) is 4.88. The fourth-order valence-electron chi connectivity index (χ4n) is 2.11. The third-order valence-electron chi connectivity index (χ3n) is 3.17. The van der Waals surface area contributed by atoms with Gasteiger partial charge < -0.3 is 9.47 Å². The zero-order valence-electron chi connectivity index (χ0n) is 12.1. The number of thiophene rings is 1. The minimum atomic E-state index is -0.331. The summed E-state index contributed by atoms with van der Waals surface area (Å²) in [6, 6.07) is 10.9. The van der Waals surface area contributed by atoms with Crippen LogP contribution in [-0.4, -0.2) is 5.97 Å². The molecule has 3 aromatic rings. The number of fused-ring (bicyclic) bond motifs is 1. The minimum Gasteiger partial charge on any atom is -0.489 e. The maximum Gasteiger partial charge on any atom is 0.308 e. The molecular formula is C17H12Cl2O3S. The highest BCUT2D eigenvalue weighted by Gasteiger charge is 2.09. The molecule has 0 saturated heterocycles. The Balaban J connectivity index is 1.77. The van der Waals surface area contributed by atoms with Gasteiger partial charge in [0, 0.05) is 38.0 Å². The van der Waals surface area contributed by atoms with Crippen LogP contribution in [0.4, 0.5) is 0 Å². The Morgan fingerprint density at radius 2 is 2.00 bits per heavy atom. The topological polar surface area (TPSA) is 35.5 Å². The van der Waals surface area contributed by atoms with Gasteiger partial charge in [-0.3, -0.25) is 4.79 Å². The van der Waals surface area contributed by atoms with Gasteiger partial charge in [-0.15, -0.1) is 11.3 Å². The van der Waals surface area contributed by atoms with Crippen molar-refractivity contribution in [2.24, 2.45) is 0 Å². The van der Waals surface area contributed by atoms with Crippen molar-refractivity contribution in [2.45, 2.75) is 13.5 Å². The lowest BCUT2D eigenvalue weighted by Gasteiger charge is -2.08. The van der Waals surface area contributed by atoms with Gasteiger partial charge in [0.1, 0.15) is 18.1 Å². The normalized spacial score (nSPS) is 10.7. The number of carbonyl (C=O) groups is 1. The third kappa shape index (κ3) is 3.78. The van der Waals surface area contributed by atoms with Crippen LogP contribution >= 0.6 is 34.5 Å². The fraction of sp³-hybridized carbons (Fsp3) is 0.118. The second-order valence-corrected chi connectivity index (χ2v) is 6.63. The minimum absolute atomic E-state index is 0.331. The lowest BCUT2D eigenvalue weighted by atomic mass is 10.2. The summed E-state index contributed by atoms with van der Waals surface area (Å²) in [4.78, 5) is 11.1. The van der Waals surface area contributed by atoms with Gasteiger partial charge in [0.15, 0.2) is 0 Å². The Kier molecular flexibility index (Phi) is 4.76. The molecule has 0 atom stereocenters. The van der Waals surface area contributed by atoms with Crippen LogP contribution < -0.4 is 9.47 Å². The molecule has 0 spiro atoms. The van der Waals surface area contributed by atoms with Gasteiger partial charge in [0.25, 0.3) is 0 Å². The maximum atomic E-state index is 11.1. The molecule has 6 heteroatoms. The molecule has 2 aromatic carbocycles. The van der Waals surface area contributed by atoms with Crippen LogP contribution in [0.25, 0.3) is 10.1 Å². The number of ether oxygens (including phenoxy) is 2. The zero-order valence-corrected chi connectivity index (χ0v) is 14.5. The van der Waals surface area contributed by atoms with Crippen LogP contribution in [0, 0.1) is 0 Å². The first-order chi connectivity index (χ1) is 11.0. The molecule has 0 fully saturated rings. The molecule has 1 heterocycles. The number of halogens is 2. The van der Waals surface area contributed by atoms with Gasteiger partial charge in [0.05, 0.1) is 0 Å². The number of rotatable bonds is 4. The molecule has 3 rings (SSSR count). The smallest absolute Gasteiger partial charge is 0.308 e. The van der Waals surface area contributed by atoms with Crippen LogP contribution in [0.15, 0.2) is 41.8 Å². The summed E-state index contributed by atoms with van der Waals surface area (Å²) in [5.41, 5.74) is 0.864. The van der Waals surface area contributed by atoms with Gasteiger partial charge in [0.2, 0.25) is 0 Å². The lowest BCUT2D eigenvalue weighted by molar-refractivity contribution is -0.131. The van der Waals surface area contributed by atoms with E-state index in [2.05, 4.69) is 0 Å². The molecule has 0 unspecified atom stereocenters. The van der Waals surface area contributed by atoms with Gasteiger partial charge in [-0.2, -0.15) is 0 Å². The van der Waals surface area contributed by atoms with E-state index >= 15 is 0 Å². The molecule has 3 nitrogen and oxygen atoms in total. The van der Waals surface area contributed by atoms with Crippen molar-refractivity contribution >= 4 is 50.6 Å². The molecule has 0 radical (unpaired) electrons. The van der Waals surface area contributed by atoms with Crippen molar-refractivity contribution in [1.29, 1.82) is 0 Å². The summed E-state index contributed by atoms with van der Waals surface area (Å²) >= 11 is 13.5. The summed E-state index contributed by atoms with van der Waals surface area (Å²) in [6.07, 6.45) is 0. The van der Waals surface area contributed by atoms with Gasteiger partial charge >= 0.3 is 5.97 Å². The third-order valence-corrected chi connectivity index (χ3v) is 4.69. The van der Waals surface area contributed by atoms with E-state index in [1.54, 1.807) is 12.1 Å². The first-order valence-corrected chi connectivity index (χ1v) is 8.43. The van der Waals surface area contributed by atoms with Gasteiger partial charge in [-0.25, -0.2) is 0 Å². The van der Waals surface area contributed by atoms with E-state index in [9.17, 15) is 4.79 Å². The van der Waals surface area contributed by atoms with Crippen LogP contribution in [-0.2, 0) is 11.4 Å². The number of benzene rings is 2. The van der Waals surface area contributed by atoms with Crippen molar-refractivity contribution in [3.8, 4) is 11.5 Å². The first-order valence-electron chi connectivity index (χ1n) is 6.79. The highest BCUT2D eigenvalue weighted by Crippen LogP contribution is 2.35.